The highest BCUT2D eigenvalue weighted by atomic mass is 14.6. The van der Waals surface area contributed by atoms with E-state index in [2.05, 4.69) is 76.2 Å². The molecule has 0 heterocycles. The van der Waals surface area contributed by atoms with E-state index in [0.29, 0.717) is 23.7 Å². The molecule has 0 radical (unpaired) electrons. The second-order valence-corrected chi connectivity index (χ2v) is 7.20. The number of hydrogen-bond acceptors (Lipinski definition) is 0. The highest BCUT2D eigenvalue weighted by molar-refractivity contribution is 5.58. The Kier molecular flexibility index (Phi) is 2.64. The first-order valence-corrected chi connectivity index (χ1v) is 8.29. The van der Waals surface area contributed by atoms with Crippen molar-refractivity contribution >= 4 is 0 Å². The molecule has 2 aromatic carbocycles. The summed E-state index contributed by atoms with van der Waals surface area (Å²) in [4.78, 5) is 0. The van der Waals surface area contributed by atoms with Gasteiger partial charge in [-0.05, 0) is 45.9 Å². The largest absolute Gasteiger partial charge is 0.0620 e. The van der Waals surface area contributed by atoms with Gasteiger partial charge in [0.1, 0.15) is 0 Å². The van der Waals surface area contributed by atoms with Crippen molar-refractivity contribution in [1.29, 1.82) is 0 Å². The van der Waals surface area contributed by atoms with Gasteiger partial charge in [0.15, 0.2) is 0 Å². The van der Waals surface area contributed by atoms with Crippen LogP contribution in [-0.2, 0) is 5.41 Å². The SMILES string of the molecule is CC1c2ccccc2C2(c3ccccc3C(C)C2C)C1C. The van der Waals surface area contributed by atoms with E-state index in [4.69, 9.17) is 0 Å². The van der Waals surface area contributed by atoms with Gasteiger partial charge in [-0.25, -0.2) is 0 Å². The lowest BCUT2D eigenvalue weighted by Gasteiger charge is -2.38. The maximum Gasteiger partial charge on any atom is 0.0271 e. The van der Waals surface area contributed by atoms with Crippen LogP contribution < -0.4 is 0 Å². The normalized spacial score (nSPS) is 36.8. The maximum atomic E-state index is 2.47. The minimum atomic E-state index is 0.214. The zero-order chi connectivity index (χ0) is 14.8. The van der Waals surface area contributed by atoms with Crippen LogP contribution in [0.2, 0.25) is 0 Å². The summed E-state index contributed by atoms with van der Waals surface area (Å²) in [6.45, 7) is 9.76. The number of hydrogen-bond donors (Lipinski definition) is 0. The van der Waals surface area contributed by atoms with Crippen molar-refractivity contribution in [3.63, 3.8) is 0 Å². The van der Waals surface area contributed by atoms with Crippen molar-refractivity contribution in [2.75, 3.05) is 0 Å². The van der Waals surface area contributed by atoms with Crippen LogP contribution in [0.15, 0.2) is 48.5 Å². The van der Waals surface area contributed by atoms with Gasteiger partial charge in [0.2, 0.25) is 0 Å². The fraction of sp³-hybridized carbons (Fsp3) is 0.429. The fourth-order valence-electron chi connectivity index (χ4n) is 5.41. The number of rotatable bonds is 0. The molecule has 4 atom stereocenters. The predicted octanol–water partition coefficient (Wildman–Crippen LogP) is 5.48. The van der Waals surface area contributed by atoms with Crippen LogP contribution in [0.25, 0.3) is 0 Å². The summed E-state index contributed by atoms with van der Waals surface area (Å²) in [7, 11) is 0. The molecule has 0 saturated heterocycles. The Labute approximate surface area is 128 Å². The van der Waals surface area contributed by atoms with E-state index in [-0.39, 0.29) is 5.41 Å². The highest BCUT2D eigenvalue weighted by Gasteiger charge is 2.57. The molecule has 1 spiro atoms. The van der Waals surface area contributed by atoms with Crippen LogP contribution >= 0.6 is 0 Å². The Bertz CT molecular complexity index is 635. The summed E-state index contributed by atoms with van der Waals surface area (Å²) in [5, 5.41) is 0. The molecule has 0 amide bonds. The summed E-state index contributed by atoms with van der Waals surface area (Å²) < 4.78 is 0. The van der Waals surface area contributed by atoms with Crippen molar-refractivity contribution in [2.24, 2.45) is 11.8 Å². The second-order valence-electron chi connectivity index (χ2n) is 7.20. The van der Waals surface area contributed by atoms with Gasteiger partial charge in [-0.2, -0.15) is 0 Å². The Morgan fingerprint density at radius 1 is 0.619 bits per heavy atom. The molecule has 21 heavy (non-hydrogen) atoms. The molecule has 0 nitrogen and oxygen atoms in total. The Morgan fingerprint density at radius 2 is 1.00 bits per heavy atom. The smallest absolute Gasteiger partial charge is 0.0271 e. The van der Waals surface area contributed by atoms with E-state index in [9.17, 15) is 0 Å². The van der Waals surface area contributed by atoms with Crippen molar-refractivity contribution in [2.45, 2.75) is 44.9 Å². The van der Waals surface area contributed by atoms with Crippen LogP contribution in [0, 0.1) is 11.8 Å². The zero-order valence-electron chi connectivity index (χ0n) is 13.4. The standard InChI is InChI=1S/C21H24/c1-13-15(3)21(19-11-7-5-9-17(13)19)16(4)14(2)18-10-6-8-12-20(18)21/h5-16H,1-4H3. The molecule has 0 saturated carbocycles. The first-order valence-electron chi connectivity index (χ1n) is 8.29. The lowest BCUT2D eigenvalue weighted by atomic mass is 9.64. The van der Waals surface area contributed by atoms with E-state index in [1.165, 1.54) is 0 Å². The molecule has 0 bridgehead atoms. The molecule has 0 heteroatoms. The van der Waals surface area contributed by atoms with E-state index in [1.807, 2.05) is 0 Å². The topological polar surface area (TPSA) is 0 Å². The number of fused-ring (bicyclic) bond motifs is 4. The van der Waals surface area contributed by atoms with E-state index >= 15 is 0 Å². The monoisotopic (exact) mass is 276 g/mol. The predicted molar refractivity (Wildman–Crippen MR) is 88.8 cm³/mol. The summed E-state index contributed by atoms with van der Waals surface area (Å²) in [5.41, 5.74) is 6.54. The molecule has 0 aromatic heterocycles. The van der Waals surface area contributed by atoms with Crippen molar-refractivity contribution < 1.29 is 0 Å². The summed E-state index contributed by atoms with van der Waals surface area (Å²) >= 11 is 0. The summed E-state index contributed by atoms with van der Waals surface area (Å²) in [5.74, 6) is 2.61. The van der Waals surface area contributed by atoms with Gasteiger partial charge >= 0.3 is 0 Å². The third-order valence-corrected chi connectivity index (χ3v) is 6.73. The Hall–Kier alpha value is -1.56. The molecule has 0 fully saturated rings. The molecule has 4 unspecified atom stereocenters. The van der Waals surface area contributed by atoms with Gasteiger partial charge in [0.25, 0.3) is 0 Å². The molecule has 0 aliphatic heterocycles. The lowest BCUT2D eigenvalue weighted by Crippen LogP contribution is -2.36. The molecular weight excluding hydrogens is 252 g/mol. The van der Waals surface area contributed by atoms with E-state index < -0.39 is 0 Å². The van der Waals surface area contributed by atoms with Crippen LogP contribution in [0.3, 0.4) is 0 Å². The Balaban J connectivity index is 2.08. The minimum Gasteiger partial charge on any atom is -0.0620 e. The second kappa shape index (κ2) is 4.22. The third-order valence-electron chi connectivity index (χ3n) is 6.73. The molecule has 2 aromatic rings. The van der Waals surface area contributed by atoms with Crippen molar-refractivity contribution in [3.05, 3.63) is 70.8 Å². The van der Waals surface area contributed by atoms with Crippen LogP contribution in [-0.4, -0.2) is 0 Å². The average molecular weight is 276 g/mol. The quantitative estimate of drug-likeness (QED) is 0.597. The molecule has 2 aliphatic carbocycles. The minimum absolute atomic E-state index is 0.214. The van der Waals surface area contributed by atoms with Gasteiger partial charge < -0.3 is 0 Å². The van der Waals surface area contributed by atoms with Gasteiger partial charge in [-0.3, -0.25) is 0 Å². The van der Waals surface area contributed by atoms with E-state index in [0.717, 1.165) is 0 Å². The van der Waals surface area contributed by atoms with Crippen LogP contribution in [0.4, 0.5) is 0 Å². The van der Waals surface area contributed by atoms with Crippen LogP contribution in [0.1, 0.15) is 61.8 Å². The molecule has 108 valence electrons. The summed E-state index contributed by atoms with van der Waals surface area (Å²) in [6, 6.07) is 18.3. The molecule has 4 rings (SSSR count). The maximum absolute atomic E-state index is 2.47. The first kappa shape index (κ1) is 13.1. The van der Waals surface area contributed by atoms with Gasteiger partial charge in [0.05, 0.1) is 0 Å². The zero-order valence-corrected chi connectivity index (χ0v) is 13.4. The fourth-order valence-corrected chi connectivity index (χ4v) is 5.41. The van der Waals surface area contributed by atoms with Crippen molar-refractivity contribution in [3.8, 4) is 0 Å². The molecule has 0 N–H and O–H groups in total. The lowest BCUT2D eigenvalue weighted by molar-refractivity contribution is 0.247. The van der Waals surface area contributed by atoms with Crippen molar-refractivity contribution in [1.82, 2.24) is 0 Å². The number of benzene rings is 2. The van der Waals surface area contributed by atoms with E-state index in [1.54, 1.807) is 22.3 Å². The highest BCUT2D eigenvalue weighted by Crippen LogP contribution is 2.64. The Morgan fingerprint density at radius 3 is 1.43 bits per heavy atom. The third kappa shape index (κ3) is 1.36. The van der Waals surface area contributed by atoms with Gasteiger partial charge in [-0.15, -0.1) is 0 Å². The first-order chi connectivity index (χ1) is 10.1. The average Bonchev–Trinajstić information content (AvgIpc) is 2.89. The summed E-state index contributed by atoms with van der Waals surface area (Å²) in [6.07, 6.45) is 0. The van der Waals surface area contributed by atoms with Gasteiger partial charge in [0, 0.05) is 5.41 Å². The van der Waals surface area contributed by atoms with Gasteiger partial charge in [-0.1, -0.05) is 76.2 Å². The molecule has 2 aliphatic rings. The molecular formula is C21H24. The van der Waals surface area contributed by atoms with Crippen LogP contribution in [0.5, 0.6) is 0 Å².